The van der Waals surface area contributed by atoms with Gasteiger partial charge in [-0.25, -0.2) is 18.2 Å². The summed E-state index contributed by atoms with van der Waals surface area (Å²) < 4.78 is 34.8. The molecule has 4 heterocycles. The largest absolute Gasteiger partial charge is 0.419 e. The third kappa shape index (κ3) is 2.81. The summed E-state index contributed by atoms with van der Waals surface area (Å²) in [4.78, 5) is 18.3. The Morgan fingerprint density at radius 1 is 1.23 bits per heavy atom. The summed E-state index contributed by atoms with van der Waals surface area (Å²) in [5, 5.41) is 8.94. The first-order valence-electron chi connectivity index (χ1n) is 9.61. The number of fused-ring (bicyclic) bond motifs is 2. The number of rotatable bonds is 3. The van der Waals surface area contributed by atoms with Gasteiger partial charge in [-0.2, -0.15) is 9.57 Å². The van der Waals surface area contributed by atoms with E-state index in [-0.39, 0.29) is 16.9 Å². The molecule has 2 aliphatic heterocycles. The molecule has 0 saturated carbocycles. The van der Waals surface area contributed by atoms with Gasteiger partial charge >= 0.3 is 5.76 Å². The minimum absolute atomic E-state index is 0.142. The average Bonchev–Trinajstić information content (AvgIpc) is 3.41. The van der Waals surface area contributed by atoms with Crippen molar-refractivity contribution in [2.24, 2.45) is 13.0 Å². The minimum atomic E-state index is -3.72. The summed E-state index contributed by atoms with van der Waals surface area (Å²) in [7, 11) is -2.17. The molecule has 10 heteroatoms. The second-order valence-electron chi connectivity index (χ2n) is 7.71. The number of anilines is 1. The Labute approximate surface area is 172 Å². The zero-order valence-corrected chi connectivity index (χ0v) is 17.0. The van der Waals surface area contributed by atoms with E-state index in [1.807, 2.05) is 0 Å². The smallest absolute Gasteiger partial charge is 0.408 e. The van der Waals surface area contributed by atoms with Gasteiger partial charge in [0.05, 0.1) is 16.0 Å². The topological polar surface area (TPSA) is 112 Å². The van der Waals surface area contributed by atoms with Crippen LogP contribution in [0.2, 0.25) is 0 Å². The van der Waals surface area contributed by atoms with Gasteiger partial charge in [0.25, 0.3) is 0 Å². The van der Waals surface area contributed by atoms with Crippen LogP contribution < -0.4 is 10.7 Å². The van der Waals surface area contributed by atoms with Crippen LogP contribution in [-0.4, -0.2) is 48.0 Å². The normalized spacial score (nSPS) is 21.8. The van der Waals surface area contributed by atoms with Gasteiger partial charge < -0.3 is 9.32 Å². The van der Waals surface area contributed by atoms with Crippen molar-refractivity contribution in [3.8, 4) is 6.07 Å². The molecule has 2 unspecified atom stereocenters. The van der Waals surface area contributed by atoms with Crippen molar-refractivity contribution in [1.82, 2.24) is 13.9 Å². The highest BCUT2D eigenvalue weighted by Crippen LogP contribution is 2.37. The van der Waals surface area contributed by atoms with Gasteiger partial charge in [-0.1, -0.05) is 0 Å². The summed E-state index contributed by atoms with van der Waals surface area (Å²) in [6.45, 7) is 1.74. The fourth-order valence-corrected chi connectivity index (χ4v) is 6.16. The third-order valence-corrected chi connectivity index (χ3v) is 7.99. The van der Waals surface area contributed by atoms with Crippen LogP contribution in [0.3, 0.4) is 0 Å². The predicted octanol–water partition coefficient (Wildman–Crippen LogP) is 1.30. The number of sulfonamides is 1. The van der Waals surface area contributed by atoms with E-state index >= 15 is 0 Å². The van der Waals surface area contributed by atoms with Gasteiger partial charge in [-0.05, 0) is 42.7 Å². The lowest BCUT2D eigenvalue weighted by molar-refractivity contribution is 0.384. The molecule has 5 rings (SSSR count). The van der Waals surface area contributed by atoms with Crippen molar-refractivity contribution in [2.75, 3.05) is 24.5 Å². The molecule has 154 valence electrons. The third-order valence-electron chi connectivity index (χ3n) is 6.07. The fraction of sp³-hybridized carbons (Fsp3) is 0.350. The van der Waals surface area contributed by atoms with Crippen LogP contribution in [0, 0.1) is 17.2 Å². The number of nitrogens with zero attached hydrogens (tertiary/aromatic N) is 5. The second kappa shape index (κ2) is 6.68. The first-order chi connectivity index (χ1) is 14.4. The SMILES string of the molecule is Cn1c(=O)oc2ccc(S(=O)(=O)N3CCC4CN(c5ccc(C#N)cn5)CC43)cc21. The zero-order valence-electron chi connectivity index (χ0n) is 16.2. The van der Waals surface area contributed by atoms with Crippen molar-refractivity contribution < 1.29 is 12.8 Å². The molecule has 2 saturated heterocycles. The minimum Gasteiger partial charge on any atom is -0.408 e. The highest BCUT2D eigenvalue weighted by Gasteiger charge is 2.47. The van der Waals surface area contributed by atoms with E-state index < -0.39 is 15.8 Å². The molecular weight excluding hydrogens is 406 g/mol. The Morgan fingerprint density at radius 3 is 2.80 bits per heavy atom. The average molecular weight is 425 g/mol. The van der Waals surface area contributed by atoms with Gasteiger partial charge in [0.2, 0.25) is 10.0 Å². The van der Waals surface area contributed by atoms with Crippen molar-refractivity contribution >= 4 is 26.9 Å². The number of pyridine rings is 1. The maximum absolute atomic E-state index is 13.4. The molecule has 9 nitrogen and oxygen atoms in total. The van der Waals surface area contributed by atoms with Crippen LogP contribution in [0.5, 0.6) is 0 Å². The molecule has 2 aromatic heterocycles. The van der Waals surface area contributed by atoms with Gasteiger partial charge in [-0.15, -0.1) is 0 Å². The summed E-state index contributed by atoms with van der Waals surface area (Å²) in [5.41, 5.74) is 1.30. The first-order valence-corrected chi connectivity index (χ1v) is 11.0. The fourth-order valence-electron chi connectivity index (χ4n) is 4.45. The molecular formula is C20H19N5O4S. The van der Waals surface area contributed by atoms with Crippen molar-refractivity contribution in [3.05, 3.63) is 52.6 Å². The molecule has 0 bridgehead atoms. The van der Waals surface area contributed by atoms with Crippen LogP contribution in [0.4, 0.5) is 5.82 Å². The maximum atomic E-state index is 13.4. The van der Waals surface area contributed by atoms with E-state index in [2.05, 4.69) is 16.0 Å². The quantitative estimate of drug-likeness (QED) is 0.621. The van der Waals surface area contributed by atoms with Crippen LogP contribution in [0.1, 0.15) is 12.0 Å². The molecule has 0 amide bonds. The van der Waals surface area contributed by atoms with Gasteiger partial charge in [0.1, 0.15) is 11.9 Å². The van der Waals surface area contributed by atoms with Crippen molar-refractivity contribution in [3.63, 3.8) is 0 Å². The Balaban J connectivity index is 1.44. The molecule has 2 fully saturated rings. The number of oxazole rings is 1. The van der Waals surface area contributed by atoms with Crippen molar-refractivity contribution in [1.29, 1.82) is 5.26 Å². The Bertz CT molecular complexity index is 1340. The lowest BCUT2D eigenvalue weighted by Crippen LogP contribution is -2.39. The van der Waals surface area contributed by atoms with Crippen LogP contribution >= 0.6 is 0 Å². The van der Waals surface area contributed by atoms with E-state index in [4.69, 9.17) is 9.68 Å². The summed E-state index contributed by atoms with van der Waals surface area (Å²) in [5.74, 6) is 0.442. The molecule has 1 aromatic carbocycles. The number of benzene rings is 1. The van der Waals surface area contributed by atoms with E-state index in [0.29, 0.717) is 29.8 Å². The molecule has 0 spiro atoms. The first kappa shape index (κ1) is 18.8. The Hall–Kier alpha value is -3.16. The van der Waals surface area contributed by atoms with E-state index in [1.54, 1.807) is 23.5 Å². The molecule has 2 atom stereocenters. The van der Waals surface area contributed by atoms with Crippen molar-refractivity contribution in [2.45, 2.75) is 17.4 Å². The van der Waals surface area contributed by atoms with Gasteiger partial charge in [0.15, 0.2) is 5.58 Å². The number of aryl methyl sites for hydroxylation is 1. The number of nitriles is 1. The Morgan fingerprint density at radius 2 is 2.07 bits per heavy atom. The van der Waals surface area contributed by atoms with E-state index in [9.17, 15) is 13.2 Å². The monoisotopic (exact) mass is 425 g/mol. The molecule has 0 radical (unpaired) electrons. The second-order valence-corrected chi connectivity index (χ2v) is 9.60. The number of hydrogen-bond acceptors (Lipinski definition) is 7. The summed E-state index contributed by atoms with van der Waals surface area (Å²) in [6.07, 6.45) is 2.31. The standard InChI is InChI=1S/C20H19N5O4S/c1-23-16-8-15(3-4-18(16)29-20(23)26)30(27,28)25-7-6-14-11-24(12-17(14)25)19-5-2-13(9-21)10-22-19/h2-5,8,10,14,17H,6-7,11-12H2,1H3. The number of hydrogen-bond donors (Lipinski definition) is 0. The molecule has 3 aromatic rings. The van der Waals surface area contributed by atoms with Gasteiger partial charge in [0, 0.05) is 38.9 Å². The van der Waals surface area contributed by atoms with E-state index in [0.717, 1.165) is 18.8 Å². The summed E-state index contributed by atoms with van der Waals surface area (Å²) in [6, 6.07) is 9.94. The number of aromatic nitrogens is 2. The molecule has 0 N–H and O–H groups in total. The van der Waals surface area contributed by atoms with E-state index in [1.165, 1.54) is 29.0 Å². The predicted molar refractivity (Wildman–Crippen MR) is 108 cm³/mol. The van der Waals surface area contributed by atoms with Gasteiger partial charge in [-0.3, -0.25) is 4.57 Å². The highest BCUT2D eigenvalue weighted by molar-refractivity contribution is 7.89. The highest BCUT2D eigenvalue weighted by atomic mass is 32.2. The van der Waals surface area contributed by atoms with Crippen LogP contribution in [0.15, 0.2) is 50.6 Å². The van der Waals surface area contributed by atoms with Crippen LogP contribution in [0.25, 0.3) is 11.1 Å². The zero-order chi connectivity index (χ0) is 21.0. The molecule has 30 heavy (non-hydrogen) atoms. The molecule has 2 aliphatic rings. The Kier molecular flexibility index (Phi) is 4.20. The van der Waals surface area contributed by atoms with Crippen LogP contribution in [-0.2, 0) is 17.1 Å². The molecule has 0 aliphatic carbocycles. The lowest BCUT2D eigenvalue weighted by Gasteiger charge is -2.24. The summed E-state index contributed by atoms with van der Waals surface area (Å²) >= 11 is 0. The lowest BCUT2D eigenvalue weighted by atomic mass is 10.1. The maximum Gasteiger partial charge on any atom is 0.419 e.